The second-order valence-electron chi connectivity index (χ2n) is 3.61. The lowest BCUT2D eigenvalue weighted by Crippen LogP contribution is -2.06. The summed E-state index contributed by atoms with van der Waals surface area (Å²) >= 11 is 0. The molecule has 94 valence electrons. The van der Waals surface area contributed by atoms with Crippen molar-refractivity contribution in [1.29, 1.82) is 0 Å². The van der Waals surface area contributed by atoms with Gasteiger partial charge in [0.2, 0.25) is 11.9 Å². The van der Waals surface area contributed by atoms with Gasteiger partial charge in [-0.2, -0.15) is 15.0 Å². The number of methoxy groups -OCH3 is 1. The zero-order chi connectivity index (χ0) is 13.1. The lowest BCUT2D eigenvalue weighted by molar-refractivity contribution is 0.380. The SMILES string of the molecule is COc1nc(N)nc(Nc2cc(C)ccc2F)n1. The van der Waals surface area contributed by atoms with Crippen LogP contribution in [0, 0.1) is 12.7 Å². The number of nitrogens with zero attached hydrogens (tertiary/aromatic N) is 3. The molecule has 1 aromatic heterocycles. The van der Waals surface area contributed by atoms with Crippen molar-refractivity contribution in [2.24, 2.45) is 0 Å². The number of halogens is 1. The third-order valence-corrected chi connectivity index (χ3v) is 2.18. The number of nitrogens with two attached hydrogens (primary N) is 1. The molecule has 0 fully saturated rings. The monoisotopic (exact) mass is 249 g/mol. The topological polar surface area (TPSA) is 86.0 Å². The number of ether oxygens (including phenoxy) is 1. The van der Waals surface area contributed by atoms with Crippen molar-refractivity contribution in [3.63, 3.8) is 0 Å². The minimum atomic E-state index is -0.404. The van der Waals surface area contributed by atoms with E-state index in [1.54, 1.807) is 12.1 Å². The average molecular weight is 249 g/mol. The number of anilines is 3. The summed E-state index contributed by atoms with van der Waals surface area (Å²) in [7, 11) is 1.41. The summed E-state index contributed by atoms with van der Waals surface area (Å²) in [6.45, 7) is 1.85. The van der Waals surface area contributed by atoms with Gasteiger partial charge in [0.15, 0.2) is 0 Å². The molecule has 0 aliphatic heterocycles. The lowest BCUT2D eigenvalue weighted by Gasteiger charge is -2.08. The van der Waals surface area contributed by atoms with Crippen molar-refractivity contribution < 1.29 is 9.13 Å². The Morgan fingerprint density at radius 1 is 1.28 bits per heavy atom. The summed E-state index contributed by atoms with van der Waals surface area (Å²) < 4.78 is 18.4. The van der Waals surface area contributed by atoms with Gasteiger partial charge in [-0.15, -0.1) is 0 Å². The molecule has 0 saturated heterocycles. The lowest BCUT2D eigenvalue weighted by atomic mass is 10.2. The Morgan fingerprint density at radius 3 is 2.78 bits per heavy atom. The van der Waals surface area contributed by atoms with Gasteiger partial charge in [-0.3, -0.25) is 0 Å². The Kier molecular flexibility index (Phi) is 3.22. The highest BCUT2D eigenvalue weighted by atomic mass is 19.1. The number of aromatic nitrogens is 3. The fourth-order valence-corrected chi connectivity index (χ4v) is 1.37. The first-order chi connectivity index (χ1) is 8.58. The van der Waals surface area contributed by atoms with Gasteiger partial charge in [0.1, 0.15) is 5.82 Å². The zero-order valence-corrected chi connectivity index (χ0v) is 9.94. The van der Waals surface area contributed by atoms with Crippen LogP contribution in [0.4, 0.5) is 22.0 Å². The Morgan fingerprint density at radius 2 is 2.06 bits per heavy atom. The molecule has 0 amide bonds. The molecule has 7 heteroatoms. The molecular formula is C11H12FN5O. The summed E-state index contributed by atoms with van der Waals surface area (Å²) in [5, 5.41) is 2.73. The number of nitrogens with one attached hydrogen (secondary N) is 1. The standard InChI is InChI=1S/C11H12FN5O/c1-6-3-4-7(12)8(5-6)14-10-15-9(13)16-11(17-10)18-2/h3-5H,1-2H3,(H3,13,14,15,16,17). The maximum absolute atomic E-state index is 13.5. The van der Waals surface area contributed by atoms with Gasteiger partial charge in [0.05, 0.1) is 12.8 Å². The molecule has 0 unspecified atom stereocenters. The molecule has 0 bridgehead atoms. The predicted octanol–water partition coefficient (Wildman–Crippen LogP) is 1.65. The number of nitrogen functional groups attached to an aromatic ring is 1. The molecule has 0 aliphatic rings. The highest BCUT2D eigenvalue weighted by Crippen LogP contribution is 2.20. The van der Waals surface area contributed by atoms with Crippen LogP contribution in [0.5, 0.6) is 6.01 Å². The van der Waals surface area contributed by atoms with Crippen LogP contribution in [0.15, 0.2) is 18.2 Å². The van der Waals surface area contributed by atoms with Crippen LogP contribution in [-0.2, 0) is 0 Å². The zero-order valence-electron chi connectivity index (χ0n) is 9.94. The summed E-state index contributed by atoms with van der Waals surface area (Å²) in [6, 6.07) is 4.74. The van der Waals surface area contributed by atoms with E-state index in [0.29, 0.717) is 0 Å². The Hall–Kier alpha value is -2.44. The quantitative estimate of drug-likeness (QED) is 0.860. The van der Waals surface area contributed by atoms with Gasteiger partial charge in [-0.05, 0) is 24.6 Å². The second-order valence-corrected chi connectivity index (χ2v) is 3.61. The Labute approximate surface area is 103 Å². The predicted molar refractivity (Wildman–Crippen MR) is 65.2 cm³/mol. The first-order valence-corrected chi connectivity index (χ1v) is 5.17. The van der Waals surface area contributed by atoms with E-state index in [0.717, 1.165) is 5.56 Å². The minimum absolute atomic E-state index is 0.00240. The fourth-order valence-electron chi connectivity index (χ4n) is 1.37. The molecule has 6 nitrogen and oxygen atoms in total. The first kappa shape index (κ1) is 12.0. The summed E-state index contributed by atoms with van der Waals surface area (Å²) in [6.07, 6.45) is 0. The largest absolute Gasteiger partial charge is 0.467 e. The van der Waals surface area contributed by atoms with Crippen molar-refractivity contribution in [2.45, 2.75) is 6.92 Å². The Balaban J connectivity index is 2.33. The fraction of sp³-hybridized carbons (Fsp3) is 0.182. The van der Waals surface area contributed by atoms with Gasteiger partial charge >= 0.3 is 6.01 Å². The minimum Gasteiger partial charge on any atom is -0.467 e. The smallest absolute Gasteiger partial charge is 0.322 e. The molecule has 0 spiro atoms. The van der Waals surface area contributed by atoms with E-state index in [2.05, 4.69) is 20.3 Å². The Bertz CT molecular complexity index is 575. The van der Waals surface area contributed by atoms with E-state index in [9.17, 15) is 4.39 Å². The molecule has 0 saturated carbocycles. The molecule has 0 aliphatic carbocycles. The van der Waals surface area contributed by atoms with Crippen molar-refractivity contribution in [3.05, 3.63) is 29.6 Å². The normalized spacial score (nSPS) is 10.2. The third-order valence-electron chi connectivity index (χ3n) is 2.18. The highest BCUT2D eigenvalue weighted by molar-refractivity contribution is 5.56. The number of benzene rings is 1. The molecular weight excluding hydrogens is 237 g/mol. The van der Waals surface area contributed by atoms with Crippen LogP contribution in [0.3, 0.4) is 0 Å². The molecule has 2 aromatic rings. The van der Waals surface area contributed by atoms with E-state index >= 15 is 0 Å². The van der Waals surface area contributed by atoms with Gasteiger partial charge < -0.3 is 15.8 Å². The first-order valence-electron chi connectivity index (χ1n) is 5.17. The van der Waals surface area contributed by atoms with Gasteiger partial charge in [0, 0.05) is 0 Å². The van der Waals surface area contributed by atoms with Gasteiger partial charge in [-0.25, -0.2) is 4.39 Å². The highest BCUT2D eigenvalue weighted by Gasteiger charge is 2.07. The average Bonchev–Trinajstić information content (AvgIpc) is 2.33. The number of aryl methyl sites for hydroxylation is 1. The van der Waals surface area contributed by atoms with E-state index in [4.69, 9.17) is 10.5 Å². The van der Waals surface area contributed by atoms with E-state index < -0.39 is 5.82 Å². The molecule has 1 aromatic carbocycles. The van der Waals surface area contributed by atoms with Crippen LogP contribution >= 0.6 is 0 Å². The van der Waals surface area contributed by atoms with Gasteiger partial charge in [-0.1, -0.05) is 6.07 Å². The second kappa shape index (κ2) is 4.82. The maximum atomic E-state index is 13.5. The van der Waals surface area contributed by atoms with Crippen LogP contribution in [0.2, 0.25) is 0 Å². The number of rotatable bonds is 3. The molecule has 2 rings (SSSR count). The van der Waals surface area contributed by atoms with E-state index in [-0.39, 0.29) is 23.6 Å². The van der Waals surface area contributed by atoms with Crippen molar-refractivity contribution in [2.75, 3.05) is 18.2 Å². The van der Waals surface area contributed by atoms with Crippen LogP contribution in [-0.4, -0.2) is 22.1 Å². The van der Waals surface area contributed by atoms with Crippen LogP contribution in [0.1, 0.15) is 5.56 Å². The van der Waals surface area contributed by atoms with Crippen molar-refractivity contribution in [1.82, 2.24) is 15.0 Å². The molecule has 1 heterocycles. The third kappa shape index (κ3) is 2.62. The summed E-state index contributed by atoms with van der Waals surface area (Å²) in [5.74, 6) is -0.278. The van der Waals surface area contributed by atoms with E-state index in [1.807, 2.05) is 6.92 Å². The molecule has 0 atom stereocenters. The number of hydrogen-bond acceptors (Lipinski definition) is 6. The summed E-state index contributed by atoms with van der Waals surface area (Å²) in [4.78, 5) is 11.5. The van der Waals surface area contributed by atoms with Gasteiger partial charge in [0.25, 0.3) is 0 Å². The summed E-state index contributed by atoms with van der Waals surface area (Å²) in [5.41, 5.74) is 6.66. The maximum Gasteiger partial charge on any atom is 0.322 e. The molecule has 0 radical (unpaired) electrons. The van der Waals surface area contributed by atoms with Crippen molar-refractivity contribution in [3.8, 4) is 6.01 Å². The number of hydrogen-bond donors (Lipinski definition) is 2. The van der Waals surface area contributed by atoms with Crippen LogP contribution in [0.25, 0.3) is 0 Å². The molecule has 18 heavy (non-hydrogen) atoms. The van der Waals surface area contributed by atoms with Crippen LogP contribution < -0.4 is 15.8 Å². The van der Waals surface area contributed by atoms with E-state index in [1.165, 1.54) is 13.2 Å². The van der Waals surface area contributed by atoms with Crippen molar-refractivity contribution >= 4 is 17.6 Å². The molecule has 3 N–H and O–H groups in total.